The van der Waals surface area contributed by atoms with E-state index in [1.807, 2.05) is 0 Å². The van der Waals surface area contributed by atoms with Gasteiger partial charge in [0, 0.05) is 52.2 Å². The first-order valence-electron chi connectivity index (χ1n) is 11.0. The zero-order valence-corrected chi connectivity index (χ0v) is 21.9. The Morgan fingerprint density at radius 2 is 1.37 bits per heavy atom. The Balaban J connectivity index is 0.00000507. The van der Waals surface area contributed by atoms with Gasteiger partial charge in [0.15, 0.2) is 5.96 Å². The second-order valence-electron chi connectivity index (χ2n) is 8.48. The van der Waals surface area contributed by atoms with E-state index < -0.39 is 16.7 Å². The molecule has 3 heterocycles. The van der Waals surface area contributed by atoms with Crippen molar-refractivity contribution >= 4 is 53.2 Å². The number of carbonyl (C=O) groups is 3. The highest BCUT2D eigenvalue weighted by atomic mass is 35.5. The molecule has 0 saturated heterocycles. The van der Waals surface area contributed by atoms with Crippen LogP contribution in [-0.4, -0.2) is 54.9 Å². The summed E-state index contributed by atoms with van der Waals surface area (Å²) in [6.45, 7) is 2.00. The number of hydrogen-bond donors (Lipinski definition) is 6. The van der Waals surface area contributed by atoms with Crippen molar-refractivity contribution in [3.8, 4) is 0 Å². The van der Waals surface area contributed by atoms with E-state index in [4.69, 9.17) is 11.1 Å². The summed E-state index contributed by atoms with van der Waals surface area (Å²) >= 11 is 0. The summed E-state index contributed by atoms with van der Waals surface area (Å²) in [5, 5.41) is 28.9. The van der Waals surface area contributed by atoms with Gasteiger partial charge in [-0.15, -0.1) is 12.4 Å². The average molecular weight is 549 g/mol. The minimum Gasteiger partial charge on any atom is -0.370 e. The van der Waals surface area contributed by atoms with Gasteiger partial charge in [-0.25, -0.2) is 0 Å². The molecule has 0 spiro atoms. The molecule has 3 amide bonds. The van der Waals surface area contributed by atoms with Crippen LogP contribution >= 0.6 is 12.4 Å². The number of nitrogens with two attached hydrogens (primary N) is 1. The number of nitrogens with zero attached hydrogens (tertiary/aromatic N) is 4. The van der Waals surface area contributed by atoms with E-state index in [0.29, 0.717) is 17.1 Å². The molecule has 3 rings (SSSR count). The number of halogens is 1. The van der Waals surface area contributed by atoms with Gasteiger partial charge in [-0.05, 0) is 19.1 Å². The highest BCUT2D eigenvalue weighted by molar-refractivity contribution is 6.07. The number of nitro groups is 1. The lowest BCUT2D eigenvalue weighted by Gasteiger charge is -2.14. The van der Waals surface area contributed by atoms with Crippen LogP contribution in [0.2, 0.25) is 0 Å². The Morgan fingerprint density at radius 3 is 1.82 bits per heavy atom. The number of carbonyl (C=O) groups excluding carboxylic acids is 3. The minimum absolute atomic E-state index is 0. The van der Waals surface area contributed by atoms with Crippen LogP contribution in [0.5, 0.6) is 0 Å². The number of amides is 3. The lowest BCUT2D eigenvalue weighted by atomic mass is 10.3. The number of aromatic nitrogens is 3. The molecule has 204 valence electrons. The normalized spacial score (nSPS) is 11.2. The average Bonchev–Trinajstić information content (AvgIpc) is 3.48. The van der Waals surface area contributed by atoms with Crippen LogP contribution < -0.4 is 27.0 Å². The molecular weight excluding hydrogens is 520 g/mol. The summed E-state index contributed by atoms with van der Waals surface area (Å²) in [6.07, 6.45) is 4.35. The van der Waals surface area contributed by atoms with Crippen LogP contribution in [0.25, 0.3) is 0 Å². The standard InChI is InChI=1S/C22H28N10O5.ClH/c1-12(26-22(23)24)8-25-19(33)16-5-13(9-29(16)2)27-20(34)17-6-14(10-30(17)3)28-21(35)18-7-15(32(36)37)11-31(18)4;/h5-7,9-12H,8H2,1-4H3,(H,25,33)(H,27,34)(H,28,35)(H4,23,24,26);1H. The SMILES string of the molecule is CC(CNC(=O)c1cc(NC(=O)c2cc(NC(=O)c3cc([N+](=O)[O-])cn3C)cn2C)cn1C)NC(=N)N.Cl. The lowest BCUT2D eigenvalue weighted by molar-refractivity contribution is -0.384. The molecule has 0 aliphatic rings. The molecule has 38 heavy (non-hydrogen) atoms. The fraction of sp³-hybridized carbons (Fsp3) is 0.273. The molecule has 16 heteroatoms. The number of guanidine groups is 1. The molecule has 1 unspecified atom stereocenters. The fourth-order valence-electron chi connectivity index (χ4n) is 3.63. The van der Waals surface area contributed by atoms with Crippen LogP contribution in [-0.2, 0) is 21.1 Å². The Bertz CT molecular complexity index is 1390. The van der Waals surface area contributed by atoms with E-state index in [1.165, 1.54) is 40.7 Å². The van der Waals surface area contributed by atoms with E-state index in [1.54, 1.807) is 31.8 Å². The van der Waals surface area contributed by atoms with E-state index in [2.05, 4.69) is 21.3 Å². The van der Waals surface area contributed by atoms with E-state index in [-0.39, 0.29) is 53.9 Å². The van der Waals surface area contributed by atoms with Crippen molar-refractivity contribution in [3.63, 3.8) is 0 Å². The van der Waals surface area contributed by atoms with Gasteiger partial charge in [0.2, 0.25) is 0 Å². The highest BCUT2D eigenvalue weighted by Gasteiger charge is 2.20. The van der Waals surface area contributed by atoms with Gasteiger partial charge in [-0.2, -0.15) is 0 Å². The summed E-state index contributed by atoms with van der Waals surface area (Å²) in [7, 11) is 4.80. The molecule has 0 radical (unpaired) electrons. The van der Waals surface area contributed by atoms with Crippen molar-refractivity contribution in [2.75, 3.05) is 17.2 Å². The summed E-state index contributed by atoms with van der Waals surface area (Å²) in [5.74, 6) is -1.61. The number of nitrogens with one attached hydrogen (secondary N) is 5. The maximum atomic E-state index is 12.9. The van der Waals surface area contributed by atoms with E-state index in [0.717, 1.165) is 6.07 Å². The predicted molar refractivity (Wildman–Crippen MR) is 143 cm³/mol. The van der Waals surface area contributed by atoms with Crippen molar-refractivity contribution in [1.82, 2.24) is 24.3 Å². The Hall–Kier alpha value is -4.79. The molecule has 0 aromatic carbocycles. The van der Waals surface area contributed by atoms with Crippen LogP contribution in [0, 0.1) is 15.5 Å². The third-order valence-electron chi connectivity index (χ3n) is 5.40. The topological polar surface area (TPSA) is 207 Å². The second-order valence-corrected chi connectivity index (χ2v) is 8.48. The first kappa shape index (κ1) is 29.4. The number of aryl methyl sites for hydroxylation is 3. The van der Waals surface area contributed by atoms with Gasteiger partial charge in [0.1, 0.15) is 17.1 Å². The maximum Gasteiger partial charge on any atom is 0.287 e. The summed E-state index contributed by atoms with van der Waals surface area (Å²) in [5.41, 5.74) is 6.40. The molecular formula is C22H29ClN10O5. The van der Waals surface area contributed by atoms with Crippen molar-refractivity contribution in [1.29, 1.82) is 5.41 Å². The third kappa shape index (κ3) is 6.91. The van der Waals surface area contributed by atoms with Gasteiger partial charge >= 0.3 is 0 Å². The van der Waals surface area contributed by atoms with Crippen molar-refractivity contribution in [3.05, 3.63) is 64.0 Å². The van der Waals surface area contributed by atoms with Crippen molar-refractivity contribution in [2.24, 2.45) is 26.9 Å². The van der Waals surface area contributed by atoms with Gasteiger partial charge in [0.05, 0.1) is 22.5 Å². The number of hydrogen-bond acceptors (Lipinski definition) is 6. The molecule has 0 aliphatic heterocycles. The summed E-state index contributed by atoms with van der Waals surface area (Å²) < 4.78 is 4.41. The molecule has 7 N–H and O–H groups in total. The number of anilines is 2. The van der Waals surface area contributed by atoms with Crippen molar-refractivity contribution < 1.29 is 19.3 Å². The monoisotopic (exact) mass is 548 g/mol. The second kappa shape index (κ2) is 12.0. The van der Waals surface area contributed by atoms with Crippen molar-refractivity contribution in [2.45, 2.75) is 13.0 Å². The molecule has 3 aromatic heterocycles. The quantitative estimate of drug-likeness (QED) is 0.0992. The maximum absolute atomic E-state index is 12.9. The molecule has 0 fully saturated rings. The third-order valence-corrected chi connectivity index (χ3v) is 5.40. The number of rotatable bonds is 9. The smallest absolute Gasteiger partial charge is 0.287 e. The first-order valence-corrected chi connectivity index (χ1v) is 11.0. The van der Waals surface area contributed by atoms with Gasteiger partial charge in [-0.3, -0.25) is 29.9 Å². The predicted octanol–water partition coefficient (Wildman–Crippen LogP) is 1.14. The molecule has 3 aromatic rings. The summed E-state index contributed by atoms with van der Waals surface area (Å²) in [6, 6.07) is 3.90. The lowest BCUT2D eigenvalue weighted by Crippen LogP contribution is -2.44. The van der Waals surface area contributed by atoms with Gasteiger partial charge in [-0.1, -0.05) is 0 Å². The van der Waals surface area contributed by atoms with Crippen LogP contribution in [0.4, 0.5) is 17.1 Å². The Labute approximate surface area is 223 Å². The molecule has 0 aliphatic carbocycles. The van der Waals surface area contributed by atoms with Gasteiger partial charge < -0.3 is 40.7 Å². The Morgan fingerprint density at radius 1 is 0.921 bits per heavy atom. The zero-order chi connectivity index (χ0) is 27.4. The van der Waals surface area contributed by atoms with Crippen LogP contribution in [0.15, 0.2) is 36.8 Å². The van der Waals surface area contributed by atoms with E-state index in [9.17, 15) is 24.5 Å². The zero-order valence-electron chi connectivity index (χ0n) is 21.1. The highest BCUT2D eigenvalue weighted by Crippen LogP contribution is 2.20. The van der Waals surface area contributed by atoms with E-state index >= 15 is 0 Å². The molecule has 0 bridgehead atoms. The first-order chi connectivity index (χ1) is 17.3. The van der Waals surface area contributed by atoms with Crippen LogP contribution in [0.1, 0.15) is 38.4 Å². The molecule has 0 saturated carbocycles. The minimum atomic E-state index is -0.591. The van der Waals surface area contributed by atoms with Crippen LogP contribution in [0.3, 0.4) is 0 Å². The summed E-state index contributed by atoms with van der Waals surface area (Å²) in [4.78, 5) is 48.3. The molecule has 15 nitrogen and oxygen atoms in total. The Kier molecular flexibility index (Phi) is 9.27. The fourth-order valence-corrected chi connectivity index (χ4v) is 3.63. The molecule has 1 atom stereocenters. The largest absolute Gasteiger partial charge is 0.370 e. The van der Waals surface area contributed by atoms with Gasteiger partial charge in [0.25, 0.3) is 23.4 Å².